The van der Waals surface area contributed by atoms with Crippen molar-refractivity contribution in [2.75, 3.05) is 0 Å². The Morgan fingerprint density at radius 2 is 1.78 bits per heavy atom. The van der Waals surface area contributed by atoms with Gasteiger partial charge in [-0.1, -0.05) is 37.1 Å². The molecule has 0 bridgehead atoms. The van der Waals surface area contributed by atoms with Crippen LogP contribution in [0.2, 0.25) is 0 Å². The smallest absolute Gasteiger partial charge is 0.256 e. The fourth-order valence-electron chi connectivity index (χ4n) is 3.51. The highest BCUT2D eigenvalue weighted by molar-refractivity contribution is 5.87. The Labute approximate surface area is 137 Å². The number of amides is 2. The molecule has 124 valence electrons. The Morgan fingerprint density at radius 1 is 1.17 bits per heavy atom. The van der Waals surface area contributed by atoms with Crippen molar-refractivity contribution in [1.82, 2.24) is 15.8 Å². The number of carbonyl (C=O) groups excluding carboxylic acids is 2. The van der Waals surface area contributed by atoms with E-state index in [1.807, 2.05) is 17.1 Å². The zero-order chi connectivity index (χ0) is 16.2. The molecule has 1 saturated carbocycles. The molecule has 3 rings (SSSR count). The number of hydrogen-bond donors (Lipinski definition) is 2. The standard InChI is InChI=1S/C18H25N3O2/c1-13(19-17(22)10-14-6-2-3-7-14)18(23)20-21-11-15-8-4-5-9-16(15)12-21/h4-5,8-9,13-14H,2-3,6-7,10-12H2,1H3,(H,19,22)(H,20,23)/t13-/m1/s1. The van der Waals surface area contributed by atoms with Crippen LogP contribution in [0.1, 0.15) is 50.2 Å². The summed E-state index contributed by atoms with van der Waals surface area (Å²) in [4.78, 5) is 24.3. The van der Waals surface area contributed by atoms with Gasteiger partial charge in [-0.05, 0) is 36.8 Å². The van der Waals surface area contributed by atoms with Gasteiger partial charge >= 0.3 is 0 Å². The quantitative estimate of drug-likeness (QED) is 0.875. The van der Waals surface area contributed by atoms with E-state index in [9.17, 15) is 9.59 Å². The van der Waals surface area contributed by atoms with Crippen molar-refractivity contribution in [3.05, 3.63) is 35.4 Å². The van der Waals surface area contributed by atoms with Crippen molar-refractivity contribution in [2.24, 2.45) is 5.92 Å². The predicted molar refractivity (Wildman–Crippen MR) is 88.0 cm³/mol. The van der Waals surface area contributed by atoms with Gasteiger partial charge in [-0.15, -0.1) is 0 Å². The van der Waals surface area contributed by atoms with Crippen LogP contribution >= 0.6 is 0 Å². The summed E-state index contributed by atoms with van der Waals surface area (Å²) in [5.74, 6) is 0.333. The summed E-state index contributed by atoms with van der Waals surface area (Å²) >= 11 is 0. The van der Waals surface area contributed by atoms with Gasteiger partial charge in [0.15, 0.2) is 0 Å². The first-order chi connectivity index (χ1) is 11.1. The molecule has 0 spiro atoms. The van der Waals surface area contributed by atoms with Gasteiger partial charge in [-0.25, -0.2) is 5.01 Å². The first-order valence-corrected chi connectivity index (χ1v) is 8.53. The van der Waals surface area contributed by atoms with Crippen LogP contribution < -0.4 is 10.7 Å². The summed E-state index contributed by atoms with van der Waals surface area (Å²) in [6.07, 6.45) is 5.28. The molecule has 2 N–H and O–H groups in total. The van der Waals surface area contributed by atoms with Gasteiger partial charge in [-0.2, -0.15) is 0 Å². The van der Waals surface area contributed by atoms with Crippen molar-refractivity contribution in [1.29, 1.82) is 0 Å². The molecule has 2 amide bonds. The zero-order valence-corrected chi connectivity index (χ0v) is 13.7. The minimum atomic E-state index is -0.507. The monoisotopic (exact) mass is 315 g/mol. The van der Waals surface area contributed by atoms with Crippen LogP contribution in [-0.4, -0.2) is 22.9 Å². The number of rotatable bonds is 5. The third-order valence-corrected chi connectivity index (χ3v) is 4.83. The highest BCUT2D eigenvalue weighted by Gasteiger charge is 2.24. The number of fused-ring (bicyclic) bond motifs is 1. The first-order valence-electron chi connectivity index (χ1n) is 8.53. The zero-order valence-electron chi connectivity index (χ0n) is 13.7. The minimum Gasteiger partial charge on any atom is -0.345 e. The van der Waals surface area contributed by atoms with Crippen molar-refractivity contribution in [2.45, 2.75) is 58.2 Å². The number of hydrogen-bond acceptors (Lipinski definition) is 3. The molecule has 0 saturated heterocycles. The Kier molecular flexibility index (Phi) is 4.96. The van der Waals surface area contributed by atoms with Crippen LogP contribution in [0.4, 0.5) is 0 Å². The molecule has 0 aromatic heterocycles. The van der Waals surface area contributed by atoms with Crippen molar-refractivity contribution < 1.29 is 9.59 Å². The fraction of sp³-hybridized carbons (Fsp3) is 0.556. The summed E-state index contributed by atoms with van der Waals surface area (Å²) in [5.41, 5.74) is 5.39. The van der Waals surface area contributed by atoms with Gasteiger partial charge in [0.25, 0.3) is 5.91 Å². The van der Waals surface area contributed by atoms with Gasteiger partial charge in [0.1, 0.15) is 6.04 Å². The van der Waals surface area contributed by atoms with E-state index in [0.29, 0.717) is 25.4 Å². The van der Waals surface area contributed by atoms with Gasteiger partial charge in [0, 0.05) is 19.5 Å². The van der Waals surface area contributed by atoms with Crippen molar-refractivity contribution >= 4 is 11.8 Å². The second-order valence-corrected chi connectivity index (χ2v) is 6.74. The second-order valence-electron chi connectivity index (χ2n) is 6.74. The number of benzene rings is 1. The van der Waals surface area contributed by atoms with E-state index < -0.39 is 6.04 Å². The van der Waals surface area contributed by atoms with E-state index in [-0.39, 0.29) is 11.8 Å². The highest BCUT2D eigenvalue weighted by Crippen LogP contribution is 2.27. The normalized spacial score (nSPS) is 19.3. The topological polar surface area (TPSA) is 61.4 Å². The van der Waals surface area contributed by atoms with E-state index in [2.05, 4.69) is 22.9 Å². The van der Waals surface area contributed by atoms with E-state index in [1.54, 1.807) is 6.92 Å². The molecular weight excluding hydrogens is 290 g/mol. The van der Waals surface area contributed by atoms with E-state index in [0.717, 1.165) is 12.8 Å². The Hall–Kier alpha value is -1.88. The molecule has 1 aromatic carbocycles. The maximum atomic E-state index is 12.3. The molecule has 1 aromatic rings. The second kappa shape index (κ2) is 7.13. The molecule has 0 radical (unpaired) electrons. The SMILES string of the molecule is C[C@@H](NC(=O)CC1CCCC1)C(=O)NN1Cc2ccccc2C1. The molecule has 1 fully saturated rings. The number of carbonyl (C=O) groups is 2. The number of hydrazine groups is 1. The summed E-state index contributed by atoms with van der Waals surface area (Å²) in [5, 5.41) is 4.72. The van der Waals surface area contributed by atoms with Crippen LogP contribution in [-0.2, 0) is 22.7 Å². The molecule has 1 heterocycles. The molecule has 5 heteroatoms. The molecule has 5 nitrogen and oxygen atoms in total. The average Bonchev–Trinajstić information content (AvgIpc) is 3.15. The maximum absolute atomic E-state index is 12.3. The summed E-state index contributed by atoms with van der Waals surface area (Å²) in [6.45, 7) is 3.17. The lowest BCUT2D eigenvalue weighted by molar-refractivity contribution is -0.132. The van der Waals surface area contributed by atoms with Gasteiger partial charge < -0.3 is 5.32 Å². The van der Waals surface area contributed by atoms with Crippen LogP contribution in [0.5, 0.6) is 0 Å². The molecule has 23 heavy (non-hydrogen) atoms. The lowest BCUT2D eigenvalue weighted by Gasteiger charge is -2.21. The molecule has 1 aliphatic carbocycles. The molecule has 0 unspecified atom stereocenters. The predicted octanol–water partition coefficient (Wildman–Crippen LogP) is 2.12. The van der Waals surface area contributed by atoms with Crippen LogP contribution in [0.25, 0.3) is 0 Å². The third kappa shape index (κ3) is 4.10. The van der Waals surface area contributed by atoms with Crippen LogP contribution in [0, 0.1) is 5.92 Å². The highest BCUT2D eigenvalue weighted by atomic mass is 16.2. The van der Waals surface area contributed by atoms with Crippen molar-refractivity contribution in [3.8, 4) is 0 Å². The third-order valence-electron chi connectivity index (χ3n) is 4.83. The maximum Gasteiger partial charge on any atom is 0.256 e. The Morgan fingerprint density at radius 3 is 2.39 bits per heavy atom. The van der Waals surface area contributed by atoms with Crippen LogP contribution in [0.15, 0.2) is 24.3 Å². The molecule has 2 aliphatic rings. The van der Waals surface area contributed by atoms with Gasteiger partial charge in [-0.3, -0.25) is 15.0 Å². The lowest BCUT2D eigenvalue weighted by atomic mass is 10.0. The van der Waals surface area contributed by atoms with Crippen LogP contribution in [0.3, 0.4) is 0 Å². The summed E-state index contributed by atoms with van der Waals surface area (Å²) in [7, 11) is 0. The Bertz CT molecular complexity index is 556. The lowest BCUT2D eigenvalue weighted by Crippen LogP contribution is -2.49. The van der Waals surface area contributed by atoms with E-state index >= 15 is 0 Å². The molecule has 1 atom stereocenters. The summed E-state index contributed by atoms with van der Waals surface area (Å²) < 4.78 is 0. The van der Waals surface area contributed by atoms with Gasteiger partial charge in [0.05, 0.1) is 0 Å². The average molecular weight is 315 g/mol. The van der Waals surface area contributed by atoms with Crippen molar-refractivity contribution in [3.63, 3.8) is 0 Å². The van der Waals surface area contributed by atoms with E-state index in [1.165, 1.54) is 24.0 Å². The molecule has 1 aliphatic heterocycles. The van der Waals surface area contributed by atoms with E-state index in [4.69, 9.17) is 0 Å². The molecular formula is C18H25N3O2. The number of nitrogens with zero attached hydrogens (tertiary/aromatic N) is 1. The summed E-state index contributed by atoms with van der Waals surface area (Å²) in [6, 6.07) is 7.67. The van der Waals surface area contributed by atoms with Gasteiger partial charge in [0.2, 0.25) is 5.91 Å². The minimum absolute atomic E-state index is 0.00995. The first kappa shape index (κ1) is 16.0. The fourth-order valence-corrected chi connectivity index (χ4v) is 3.51. The Balaban J connectivity index is 1.44. The largest absolute Gasteiger partial charge is 0.345 e. The number of nitrogens with one attached hydrogen (secondary N) is 2.